The van der Waals surface area contributed by atoms with Gasteiger partial charge in [-0.05, 0) is 25.3 Å². The van der Waals surface area contributed by atoms with Crippen LogP contribution in [0.1, 0.15) is 43.7 Å². The van der Waals surface area contributed by atoms with E-state index in [1.807, 2.05) is 30.3 Å². The second-order valence-electron chi connectivity index (χ2n) is 7.74. The topological polar surface area (TPSA) is 92.6 Å². The van der Waals surface area contributed by atoms with Gasteiger partial charge in [0.25, 0.3) is 5.69 Å². The van der Waals surface area contributed by atoms with Crippen molar-refractivity contribution in [1.82, 2.24) is 10.2 Å². The number of para-hydroxylation sites is 1. The fourth-order valence-electron chi connectivity index (χ4n) is 3.86. The second-order valence-corrected chi connectivity index (χ2v) is 7.74. The average molecular weight is 409 g/mol. The van der Waals surface area contributed by atoms with Crippen LogP contribution in [0.4, 0.5) is 5.69 Å². The van der Waals surface area contributed by atoms with Crippen molar-refractivity contribution >= 4 is 17.5 Å². The predicted molar refractivity (Wildman–Crippen MR) is 114 cm³/mol. The zero-order valence-corrected chi connectivity index (χ0v) is 17.1. The van der Waals surface area contributed by atoms with Gasteiger partial charge in [0.2, 0.25) is 11.8 Å². The minimum atomic E-state index is -0.680. The summed E-state index contributed by atoms with van der Waals surface area (Å²) in [5.41, 5.74) is 1.15. The Morgan fingerprint density at radius 2 is 1.73 bits per heavy atom. The Morgan fingerprint density at radius 1 is 1.10 bits per heavy atom. The first kappa shape index (κ1) is 21.5. The molecule has 0 bridgehead atoms. The van der Waals surface area contributed by atoms with Gasteiger partial charge in [0.05, 0.1) is 11.3 Å². The van der Waals surface area contributed by atoms with Crippen LogP contribution in [-0.4, -0.2) is 33.7 Å². The van der Waals surface area contributed by atoms with E-state index >= 15 is 0 Å². The number of rotatable bonds is 8. The molecular formula is C23H27N3O4. The normalized spacial score (nSPS) is 14.8. The van der Waals surface area contributed by atoms with E-state index in [4.69, 9.17) is 0 Å². The summed E-state index contributed by atoms with van der Waals surface area (Å²) < 4.78 is 0. The average Bonchev–Trinajstić information content (AvgIpc) is 3.25. The highest BCUT2D eigenvalue weighted by molar-refractivity contribution is 5.88. The molecule has 0 heterocycles. The maximum absolute atomic E-state index is 13.2. The van der Waals surface area contributed by atoms with E-state index in [0.717, 1.165) is 31.2 Å². The van der Waals surface area contributed by atoms with Crippen LogP contribution in [0.25, 0.3) is 0 Å². The number of benzene rings is 2. The number of nitrogens with one attached hydrogen (secondary N) is 1. The smallest absolute Gasteiger partial charge is 0.273 e. The molecule has 0 radical (unpaired) electrons. The molecule has 0 aromatic heterocycles. The van der Waals surface area contributed by atoms with E-state index < -0.39 is 11.0 Å². The zero-order chi connectivity index (χ0) is 21.5. The molecule has 1 N–H and O–H groups in total. The molecule has 0 saturated heterocycles. The van der Waals surface area contributed by atoms with Crippen molar-refractivity contribution in [2.45, 2.75) is 57.7 Å². The van der Waals surface area contributed by atoms with Crippen LogP contribution in [0.3, 0.4) is 0 Å². The van der Waals surface area contributed by atoms with Gasteiger partial charge >= 0.3 is 0 Å². The lowest BCUT2D eigenvalue weighted by Crippen LogP contribution is -2.50. The van der Waals surface area contributed by atoms with Crippen molar-refractivity contribution in [3.63, 3.8) is 0 Å². The summed E-state index contributed by atoms with van der Waals surface area (Å²) in [6.07, 6.45) is 3.99. The Labute approximate surface area is 176 Å². The molecule has 0 spiro atoms. The van der Waals surface area contributed by atoms with E-state index in [1.54, 1.807) is 25.1 Å². The Balaban J connectivity index is 1.80. The fraction of sp³-hybridized carbons (Fsp3) is 0.391. The molecule has 2 aromatic carbocycles. The minimum absolute atomic E-state index is 0.0893. The molecule has 1 fully saturated rings. The number of nitrogens with zero attached hydrogens (tertiary/aromatic N) is 2. The van der Waals surface area contributed by atoms with Crippen LogP contribution in [0.5, 0.6) is 0 Å². The number of nitro benzene ring substituents is 1. The molecule has 30 heavy (non-hydrogen) atoms. The summed E-state index contributed by atoms with van der Waals surface area (Å²) in [5.74, 6) is -0.504. The van der Waals surface area contributed by atoms with E-state index in [1.165, 1.54) is 11.0 Å². The summed E-state index contributed by atoms with van der Waals surface area (Å²) in [4.78, 5) is 38.4. The lowest BCUT2D eigenvalue weighted by molar-refractivity contribution is -0.385. The second kappa shape index (κ2) is 10.0. The zero-order valence-electron chi connectivity index (χ0n) is 17.1. The van der Waals surface area contributed by atoms with Crippen LogP contribution in [0.2, 0.25) is 0 Å². The summed E-state index contributed by atoms with van der Waals surface area (Å²) >= 11 is 0. The summed E-state index contributed by atoms with van der Waals surface area (Å²) in [6.45, 7) is 1.98. The van der Waals surface area contributed by atoms with Crippen LogP contribution < -0.4 is 5.32 Å². The van der Waals surface area contributed by atoms with Crippen LogP contribution in [0.15, 0.2) is 54.6 Å². The van der Waals surface area contributed by atoms with Gasteiger partial charge in [0.15, 0.2) is 0 Å². The Bertz CT molecular complexity index is 894. The highest BCUT2D eigenvalue weighted by atomic mass is 16.6. The monoisotopic (exact) mass is 409 g/mol. The number of carbonyl (C=O) groups is 2. The molecule has 1 aliphatic carbocycles. The Morgan fingerprint density at radius 3 is 2.40 bits per heavy atom. The van der Waals surface area contributed by atoms with Crippen molar-refractivity contribution in [1.29, 1.82) is 0 Å². The van der Waals surface area contributed by atoms with Gasteiger partial charge in [-0.15, -0.1) is 0 Å². The first-order chi connectivity index (χ1) is 14.5. The standard InChI is InChI=1S/C23H27N3O4/c1-17(23(28)24-20-12-6-7-13-20)25(16-18-9-3-2-4-10-18)22(27)15-19-11-5-8-14-21(19)26(29)30/h2-5,8-11,14,17,20H,6-7,12-13,15-16H2,1H3,(H,24,28)/t17-/m1/s1. The molecule has 3 rings (SSSR count). The number of hydrogen-bond donors (Lipinski definition) is 1. The third kappa shape index (κ3) is 5.43. The number of nitro groups is 1. The minimum Gasteiger partial charge on any atom is -0.352 e. The first-order valence-electron chi connectivity index (χ1n) is 10.3. The van der Waals surface area contributed by atoms with Crippen molar-refractivity contribution < 1.29 is 14.5 Å². The fourth-order valence-corrected chi connectivity index (χ4v) is 3.86. The van der Waals surface area contributed by atoms with Crippen molar-refractivity contribution in [2.24, 2.45) is 0 Å². The third-order valence-corrected chi connectivity index (χ3v) is 5.59. The Kier molecular flexibility index (Phi) is 7.17. The van der Waals surface area contributed by atoms with E-state index in [-0.39, 0.29) is 36.5 Å². The molecule has 1 saturated carbocycles. The molecular weight excluding hydrogens is 382 g/mol. The number of hydrogen-bond acceptors (Lipinski definition) is 4. The maximum Gasteiger partial charge on any atom is 0.273 e. The first-order valence-corrected chi connectivity index (χ1v) is 10.3. The van der Waals surface area contributed by atoms with Crippen LogP contribution in [0, 0.1) is 10.1 Å². The van der Waals surface area contributed by atoms with Crippen LogP contribution in [-0.2, 0) is 22.6 Å². The predicted octanol–water partition coefficient (Wildman–Crippen LogP) is 3.61. The largest absolute Gasteiger partial charge is 0.352 e. The lowest BCUT2D eigenvalue weighted by Gasteiger charge is -2.30. The van der Waals surface area contributed by atoms with Gasteiger partial charge in [-0.25, -0.2) is 0 Å². The lowest BCUT2D eigenvalue weighted by atomic mass is 10.1. The molecule has 158 valence electrons. The van der Waals surface area contributed by atoms with Crippen molar-refractivity contribution in [3.8, 4) is 0 Å². The van der Waals surface area contributed by atoms with Gasteiger partial charge in [-0.3, -0.25) is 19.7 Å². The van der Waals surface area contributed by atoms with Gasteiger partial charge in [0.1, 0.15) is 6.04 Å². The van der Waals surface area contributed by atoms with E-state index in [0.29, 0.717) is 5.56 Å². The number of carbonyl (C=O) groups excluding carboxylic acids is 2. The molecule has 7 heteroatoms. The molecule has 2 aromatic rings. The highest BCUT2D eigenvalue weighted by Crippen LogP contribution is 2.21. The highest BCUT2D eigenvalue weighted by Gasteiger charge is 2.29. The van der Waals surface area contributed by atoms with Gasteiger partial charge in [-0.1, -0.05) is 61.4 Å². The van der Waals surface area contributed by atoms with E-state index in [9.17, 15) is 19.7 Å². The molecule has 1 atom stereocenters. The van der Waals surface area contributed by atoms with E-state index in [2.05, 4.69) is 5.32 Å². The quantitative estimate of drug-likeness (QED) is 0.532. The molecule has 0 unspecified atom stereocenters. The van der Waals surface area contributed by atoms with Crippen LogP contribution >= 0.6 is 0 Å². The summed E-state index contributed by atoms with van der Waals surface area (Å²) in [5, 5.41) is 14.4. The van der Waals surface area contributed by atoms with Crippen molar-refractivity contribution in [2.75, 3.05) is 0 Å². The van der Waals surface area contributed by atoms with Crippen molar-refractivity contribution in [3.05, 3.63) is 75.8 Å². The SMILES string of the molecule is C[C@H](C(=O)NC1CCCC1)N(Cc1ccccc1)C(=O)Cc1ccccc1[N+](=O)[O-]. The molecule has 2 amide bonds. The third-order valence-electron chi connectivity index (χ3n) is 5.59. The summed E-state index contributed by atoms with van der Waals surface area (Å²) in [6, 6.07) is 15.1. The maximum atomic E-state index is 13.2. The van der Waals surface area contributed by atoms with Gasteiger partial charge in [0, 0.05) is 24.2 Å². The Hall–Kier alpha value is -3.22. The molecule has 7 nitrogen and oxygen atoms in total. The van der Waals surface area contributed by atoms with Gasteiger partial charge < -0.3 is 10.2 Å². The number of amides is 2. The summed E-state index contributed by atoms with van der Waals surface area (Å²) in [7, 11) is 0. The molecule has 0 aliphatic heterocycles. The van der Waals surface area contributed by atoms with Gasteiger partial charge in [-0.2, -0.15) is 0 Å². The molecule has 1 aliphatic rings.